The van der Waals surface area contributed by atoms with Crippen LogP contribution in [0.4, 0.5) is 28.9 Å². The van der Waals surface area contributed by atoms with Crippen LogP contribution >= 0.6 is 0 Å². The molecule has 0 fully saturated rings. The molecule has 0 atom stereocenters. The Morgan fingerprint density at radius 2 is 1.14 bits per heavy atom. The van der Waals surface area contributed by atoms with Crippen LogP contribution in [-0.4, -0.2) is 0 Å². The smallest absolute Gasteiger partial charge is 0.238 e. The number of nitrogens with zero attached hydrogens (tertiary/aromatic N) is 6. The maximum Gasteiger partial charge on any atom is 0.270 e. The molecule has 0 aliphatic heterocycles. The van der Waals surface area contributed by atoms with Crippen molar-refractivity contribution >= 4 is 16.9 Å². The number of rotatable bonds is 2. The molecule has 0 heterocycles. The monoisotopic (exact) mass is 552 g/mol. The fourth-order valence-corrected chi connectivity index (χ4v) is 4.95. The SMILES string of the molecule is [C-]#[N+]/C(C#N)=C1/c2cc(C#N)c(-c3c(F)cc(C#N)cc3F)cc2-c2cc(-c3c(F)cc([N+]#[C-])cc3F)c([N+]#[C-])cc21. The molecule has 0 amide bonds. The highest BCUT2D eigenvalue weighted by molar-refractivity contribution is 6.07. The van der Waals surface area contributed by atoms with Gasteiger partial charge in [-0.25, -0.2) is 37.4 Å². The van der Waals surface area contributed by atoms with Crippen molar-refractivity contribution in [2.45, 2.75) is 0 Å². The summed E-state index contributed by atoms with van der Waals surface area (Å²) in [5.74, 6) is -4.46. The van der Waals surface area contributed by atoms with Crippen LogP contribution in [0.3, 0.4) is 0 Å². The van der Waals surface area contributed by atoms with Crippen molar-refractivity contribution in [2.24, 2.45) is 0 Å². The number of halogens is 4. The van der Waals surface area contributed by atoms with Crippen LogP contribution in [-0.2, 0) is 0 Å². The molecule has 1 aliphatic rings. The average Bonchev–Trinajstić information content (AvgIpc) is 3.28. The summed E-state index contributed by atoms with van der Waals surface area (Å²) >= 11 is 0. The first-order valence-corrected chi connectivity index (χ1v) is 11.6. The van der Waals surface area contributed by atoms with E-state index >= 15 is 17.6 Å². The zero-order valence-corrected chi connectivity index (χ0v) is 20.8. The average molecular weight is 552 g/mol. The fourth-order valence-electron chi connectivity index (χ4n) is 4.95. The highest BCUT2D eigenvalue weighted by Gasteiger charge is 2.31. The van der Waals surface area contributed by atoms with E-state index in [1.807, 2.05) is 6.07 Å². The van der Waals surface area contributed by atoms with Crippen LogP contribution in [0.5, 0.6) is 0 Å². The van der Waals surface area contributed by atoms with Crippen LogP contribution in [0.15, 0.2) is 54.2 Å². The van der Waals surface area contributed by atoms with E-state index in [-0.39, 0.29) is 61.5 Å². The van der Waals surface area contributed by atoms with Crippen molar-refractivity contribution < 1.29 is 17.6 Å². The van der Waals surface area contributed by atoms with Crippen LogP contribution in [0.2, 0.25) is 0 Å². The van der Waals surface area contributed by atoms with Gasteiger partial charge in [-0.2, -0.15) is 10.5 Å². The summed E-state index contributed by atoms with van der Waals surface area (Å²) in [7, 11) is 0. The van der Waals surface area contributed by atoms with Crippen LogP contribution in [0.1, 0.15) is 22.3 Å². The Bertz CT molecular complexity index is 2010. The van der Waals surface area contributed by atoms with Gasteiger partial charge in [0.1, 0.15) is 23.3 Å². The number of hydrogen-bond donors (Lipinski definition) is 0. The molecule has 0 radical (unpaired) electrons. The lowest BCUT2D eigenvalue weighted by Crippen LogP contribution is -1.97. The number of fused-ring (bicyclic) bond motifs is 3. The third kappa shape index (κ3) is 3.99. The third-order valence-corrected chi connectivity index (χ3v) is 6.68. The Morgan fingerprint density at radius 3 is 1.64 bits per heavy atom. The Balaban J connectivity index is 1.92. The highest BCUT2D eigenvalue weighted by atomic mass is 19.1. The van der Waals surface area contributed by atoms with Crippen molar-refractivity contribution in [3.05, 3.63) is 134 Å². The van der Waals surface area contributed by atoms with Gasteiger partial charge in [-0.05, 0) is 70.3 Å². The lowest BCUT2D eigenvalue weighted by atomic mass is 9.91. The molecular weight excluding hydrogens is 544 g/mol. The molecule has 0 saturated heterocycles. The quantitative estimate of drug-likeness (QED) is 0.125. The second kappa shape index (κ2) is 10.1. The molecule has 0 saturated carbocycles. The van der Waals surface area contributed by atoms with Crippen molar-refractivity contribution in [2.75, 3.05) is 0 Å². The first-order valence-electron chi connectivity index (χ1n) is 11.6. The minimum Gasteiger partial charge on any atom is -0.238 e. The highest BCUT2D eigenvalue weighted by Crippen LogP contribution is 2.52. The molecule has 1 aliphatic carbocycles. The van der Waals surface area contributed by atoms with E-state index in [4.69, 9.17) is 25.0 Å². The minimum absolute atomic E-state index is 0.0297. The minimum atomic E-state index is -1.12. The van der Waals surface area contributed by atoms with E-state index in [0.29, 0.717) is 0 Å². The molecule has 0 aromatic heterocycles. The second-order valence-corrected chi connectivity index (χ2v) is 8.85. The predicted octanol–water partition coefficient (Wildman–Crippen LogP) is 8.60. The largest absolute Gasteiger partial charge is 0.270 e. The van der Waals surface area contributed by atoms with Crippen molar-refractivity contribution in [1.82, 2.24) is 0 Å². The van der Waals surface area contributed by atoms with Gasteiger partial charge < -0.3 is 0 Å². The van der Waals surface area contributed by atoms with E-state index in [0.717, 1.165) is 24.3 Å². The first-order chi connectivity index (χ1) is 20.2. The van der Waals surface area contributed by atoms with Gasteiger partial charge >= 0.3 is 0 Å². The molecule has 10 heteroatoms. The number of allylic oxidation sites excluding steroid dienone is 1. The summed E-state index contributed by atoms with van der Waals surface area (Å²) in [5, 5.41) is 28.7. The Morgan fingerprint density at radius 1 is 0.595 bits per heavy atom. The summed E-state index contributed by atoms with van der Waals surface area (Å²) in [6, 6.07) is 13.5. The third-order valence-electron chi connectivity index (χ3n) is 6.68. The summed E-state index contributed by atoms with van der Waals surface area (Å²) in [6.07, 6.45) is 0. The van der Waals surface area contributed by atoms with Crippen molar-refractivity contribution in [1.29, 1.82) is 15.8 Å². The number of hydrogen-bond acceptors (Lipinski definition) is 3. The van der Waals surface area contributed by atoms with Gasteiger partial charge in [-0.1, -0.05) is 6.07 Å². The molecular formula is C32H8F4N6. The van der Waals surface area contributed by atoms with Gasteiger partial charge in [-0.3, -0.25) is 0 Å². The standard InChI is InChI=1S/C32H8F4N6/c1-40-17-7-26(35)32(27(36)8-17)23-10-20-19-9-18(31-24(33)4-15(12-37)5-25(31)34)16(13-38)6-21(19)30(29(14-39)42-3)22(20)11-28(23)41-2/h4-11H/b30-29-. The zero-order valence-electron chi connectivity index (χ0n) is 20.8. The molecule has 4 aromatic rings. The topological polar surface area (TPSA) is 84.4 Å². The van der Waals surface area contributed by atoms with E-state index in [1.165, 1.54) is 24.3 Å². The summed E-state index contributed by atoms with van der Waals surface area (Å²) in [4.78, 5) is 9.68. The zero-order chi connectivity index (χ0) is 30.3. The van der Waals surface area contributed by atoms with E-state index in [2.05, 4.69) is 14.5 Å². The first kappa shape index (κ1) is 26.9. The van der Waals surface area contributed by atoms with Gasteiger partial charge in [0.2, 0.25) is 0 Å². The number of nitriles is 3. The molecule has 0 unspecified atom stereocenters. The summed E-state index contributed by atoms with van der Waals surface area (Å²) in [6.45, 7) is 22.2. The fraction of sp³-hybridized carbons (Fsp3) is 0. The Labute approximate surface area is 235 Å². The van der Waals surface area contributed by atoms with Crippen molar-refractivity contribution in [3.63, 3.8) is 0 Å². The molecule has 0 spiro atoms. The van der Waals surface area contributed by atoms with Crippen molar-refractivity contribution in [3.8, 4) is 51.6 Å². The van der Waals surface area contributed by atoms with Crippen LogP contribution in [0, 0.1) is 77.0 Å². The van der Waals surface area contributed by atoms with Crippen LogP contribution in [0.25, 0.3) is 53.5 Å². The molecule has 5 rings (SSSR count). The Hall–Kier alpha value is -6.72. The second-order valence-electron chi connectivity index (χ2n) is 8.85. The molecule has 6 nitrogen and oxygen atoms in total. The lowest BCUT2D eigenvalue weighted by molar-refractivity contribution is 0.588. The number of benzene rings is 4. The summed E-state index contributed by atoms with van der Waals surface area (Å²) < 4.78 is 60.3. The lowest BCUT2D eigenvalue weighted by Gasteiger charge is -2.13. The van der Waals surface area contributed by atoms with E-state index < -0.39 is 40.1 Å². The normalized spacial score (nSPS) is 12.0. The Kier molecular flexibility index (Phi) is 6.47. The van der Waals surface area contributed by atoms with Crippen LogP contribution < -0.4 is 0 Å². The maximum atomic E-state index is 15.1. The van der Waals surface area contributed by atoms with Gasteiger partial charge in [0.15, 0.2) is 11.4 Å². The maximum absolute atomic E-state index is 15.1. The van der Waals surface area contributed by atoms with Gasteiger partial charge in [0.05, 0.1) is 54.6 Å². The van der Waals surface area contributed by atoms with E-state index in [9.17, 15) is 10.5 Å². The molecule has 4 aromatic carbocycles. The van der Waals surface area contributed by atoms with Gasteiger partial charge in [0, 0.05) is 16.7 Å². The molecule has 194 valence electrons. The predicted molar refractivity (Wildman–Crippen MR) is 143 cm³/mol. The van der Waals surface area contributed by atoms with Gasteiger partial charge in [0.25, 0.3) is 5.70 Å². The van der Waals surface area contributed by atoms with E-state index in [1.54, 1.807) is 12.1 Å². The van der Waals surface area contributed by atoms with Gasteiger partial charge in [-0.15, -0.1) is 0 Å². The molecule has 42 heavy (non-hydrogen) atoms. The molecule has 0 N–H and O–H groups in total. The summed E-state index contributed by atoms with van der Waals surface area (Å²) in [5.41, 5.74) is -2.39. The molecule has 0 bridgehead atoms.